The molecular weight excluding hydrogens is 380 g/mol. The van der Waals surface area contributed by atoms with Crippen molar-refractivity contribution >= 4 is 5.97 Å². The molecule has 30 heavy (non-hydrogen) atoms. The highest BCUT2D eigenvalue weighted by Gasteiger charge is 2.60. The van der Waals surface area contributed by atoms with Crippen LogP contribution in [0.5, 0.6) is 0 Å². The molecule has 2 heterocycles. The van der Waals surface area contributed by atoms with E-state index in [4.69, 9.17) is 18.9 Å². The molecule has 0 bridgehead atoms. The van der Waals surface area contributed by atoms with Crippen LogP contribution in [0.25, 0.3) is 0 Å². The summed E-state index contributed by atoms with van der Waals surface area (Å²) in [6.07, 6.45) is 6.05. The van der Waals surface area contributed by atoms with Gasteiger partial charge in [-0.25, -0.2) is 4.79 Å². The number of fused-ring (bicyclic) bond motifs is 1. The molecule has 2 unspecified atom stereocenters. The molecule has 3 fully saturated rings. The van der Waals surface area contributed by atoms with Crippen molar-refractivity contribution in [2.24, 2.45) is 5.92 Å². The molecule has 3 aliphatic rings. The summed E-state index contributed by atoms with van der Waals surface area (Å²) in [4.78, 5) is 12.5. The second-order valence-electron chi connectivity index (χ2n) is 9.84. The third kappa shape index (κ3) is 5.06. The van der Waals surface area contributed by atoms with E-state index < -0.39 is 0 Å². The van der Waals surface area contributed by atoms with E-state index in [1.807, 2.05) is 13.8 Å². The summed E-state index contributed by atoms with van der Waals surface area (Å²) in [5, 5.41) is 0. The van der Waals surface area contributed by atoms with Crippen LogP contribution in [0, 0.1) is 5.92 Å². The van der Waals surface area contributed by atoms with Crippen LogP contribution in [0.3, 0.4) is 0 Å². The Morgan fingerprint density at radius 1 is 1.20 bits per heavy atom. The lowest BCUT2D eigenvalue weighted by atomic mass is 9.75. The van der Waals surface area contributed by atoms with Crippen molar-refractivity contribution in [3.63, 3.8) is 0 Å². The van der Waals surface area contributed by atoms with Gasteiger partial charge in [0, 0.05) is 24.3 Å². The van der Waals surface area contributed by atoms with Crippen molar-refractivity contribution in [2.75, 3.05) is 6.61 Å². The van der Waals surface area contributed by atoms with Crippen molar-refractivity contribution in [3.8, 4) is 0 Å². The highest BCUT2D eigenvalue weighted by Crippen LogP contribution is 2.52. The number of hydrogen-bond acceptors (Lipinski definition) is 5. The monoisotopic (exact) mass is 418 g/mol. The van der Waals surface area contributed by atoms with E-state index in [0.29, 0.717) is 18.6 Å². The Morgan fingerprint density at radius 2 is 1.87 bits per heavy atom. The second-order valence-corrected chi connectivity index (χ2v) is 9.84. The van der Waals surface area contributed by atoms with Gasteiger partial charge in [0.25, 0.3) is 0 Å². The number of epoxide rings is 2. The Kier molecular flexibility index (Phi) is 6.66. The van der Waals surface area contributed by atoms with Gasteiger partial charge in [0.05, 0.1) is 36.1 Å². The molecule has 2 saturated heterocycles. The second kappa shape index (κ2) is 8.60. The molecule has 0 aromatic rings. The predicted molar refractivity (Wildman–Crippen MR) is 117 cm³/mol. The predicted octanol–water partition coefficient (Wildman–Crippen LogP) is 4.91. The van der Waals surface area contributed by atoms with E-state index in [1.54, 1.807) is 13.0 Å². The zero-order valence-corrected chi connectivity index (χ0v) is 19.6. The van der Waals surface area contributed by atoms with E-state index in [2.05, 4.69) is 40.3 Å². The zero-order chi connectivity index (χ0) is 22.3. The largest absolute Gasteiger partial charge is 0.458 e. The topological polar surface area (TPSA) is 60.6 Å². The fourth-order valence-corrected chi connectivity index (χ4v) is 4.29. The number of esters is 1. The van der Waals surface area contributed by atoms with Gasteiger partial charge >= 0.3 is 5.97 Å². The van der Waals surface area contributed by atoms with Gasteiger partial charge in [0.2, 0.25) is 0 Å². The number of carbonyl (C=O) groups excluding carboxylic acids is 1. The van der Waals surface area contributed by atoms with Crippen LogP contribution in [-0.4, -0.2) is 48.2 Å². The molecule has 0 radical (unpaired) electrons. The highest BCUT2D eigenvalue weighted by molar-refractivity contribution is 5.87. The van der Waals surface area contributed by atoms with Crippen molar-refractivity contribution in [1.82, 2.24) is 0 Å². The summed E-state index contributed by atoms with van der Waals surface area (Å²) in [5.74, 6) is -0.256. The maximum Gasteiger partial charge on any atom is 0.333 e. The molecule has 0 aromatic heterocycles. The first-order valence-corrected chi connectivity index (χ1v) is 11.1. The normalized spacial score (nSPS) is 36.0. The van der Waals surface area contributed by atoms with Crippen LogP contribution in [-0.2, 0) is 23.7 Å². The van der Waals surface area contributed by atoms with Crippen molar-refractivity contribution < 1.29 is 23.7 Å². The summed E-state index contributed by atoms with van der Waals surface area (Å²) < 4.78 is 24.0. The number of rotatable bonds is 9. The van der Waals surface area contributed by atoms with E-state index in [9.17, 15) is 4.79 Å². The Hall–Kier alpha value is -1.43. The van der Waals surface area contributed by atoms with Crippen molar-refractivity contribution in [2.45, 2.75) is 103 Å². The van der Waals surface area contributed by atoms with Crippen molar-refractivity contribution in [1.29, 1.82) is 0 Å². The lowest BCUT2D eigenvalue weighted by Crippen LogP contribution is -2.41. The van der Waals surface area contributed by atoms with Crippen LogP contribution in [0.1, 0.15) is 67.7 Å². The van der Waals surface area contributed by atoms with Gasteiger partial charge in [-0.05, 0) is 60.5 Å². The Bertz CT molecular complexity index is 749. The molecule has 2 aliphatic heterocycles. The minimum atomic E-state index is -0.267. The average Bonchev–Trinajstić information content (AvgIpc) is 3.55. The fourth-order valence-electron chi connectivity index (χ4n) is 4.29. The third-order valence-electron chi connectivity index (χ3n) is 7.06. The number of ether oxygens (including phenoxy) is 4. The molecule has 3 rings (SSSR count). The van der Waals surface area contributed by atoms with Gasteiger partial charge in [-0.1, -0.05) is 24.3 Å². The van der Waals surface area contributed by atoms with Crippen LogP contribution in [0.2, 0.25) is 0 Å². The van der Waals surface area contributed by atoms with Gasteiger partial charge in [0.15, 0.2) is 0 Å². The summed E-state index contributed by atoms with van der Waals surface area (Å²) in [7, 11) is 0. The fraction of sp³-hybridized carbons (Fsp3) is 0.720. The van der Waals surface area contributed by atoms with Gasteiger partial charge in [-0.15, -0.1) is 0 Å². The van der Waals surface area contributed by atoms with Crippen LogP contribution in [0.15, 0.2) is 35.5 Å². The number of allylic oxidation sites excluding steroid dienone is 2. The lowest BCUT2D eigenvalue weighted by Gasteiger charge is -2.36. The zero-order valence-electron chi connectivity index (χ0n) is 19.6. The average molecular weight is 419 g/mol. The molecule has 0 N–H and O–H groups in total. The Morgan fingerprint density at radius 3 is 2.43 bits per heavy atom. The van der Waals surface area contributed by atoms with E-state index >= 15 is 0 Å². The van der Waals surface area contributed by atoms with Crippen LogP contribution < -0.4 is 0 Å². The van der Waals surface area contributed by atoms with Crippen molar-refractivity contribution in [3.05, 3.63) is 35.5 Å². The summed E-state index contributed by atoms with van der Waals surface area (Å²) >= 11 is 0. The summed E-state index contributed by atoms with van der Waals surface area (Å²) in [5.41, 5.74) is 2.48. The minimum absolute atomic E-state index is 0.0111. The molecular formula is C25H38O5. The summed E-state index contributed by atoms with van der Waals surface area (Å²) in [6, 6.07) is 0. The molecule has 6 atom stereocenters. The molecule has 168 valence electrons. The molecule has 0 aromatic carbocycles. The van der Waals surface area contributed by atoms with Gasteiger partial charge < -0.3 is 18.9 Å². The molecule has 0 amide bonds. The molecule has 0 spiro atoms. The molecule has 5 heteroatoms. The maximum absolute atomic E-state index is 12.5. The van der Waals surface area contributed by atoms with E-state index in [1.165, 1.54) is 5.57 Å². The van der Waals surface area contributed by atoms with Gasteiger partial charge in [0.1, 0.15) is 6.10 Å². The standard InChI is InChI=1S/C25H38O5/c1-9-15(3)14-27-19(12-21-24(6,7)29-21)17(5)18-11-22-25(8,30-22)13-20(18)28-23(26)16(4)10-2/h9-10,18-22H,5,11-14H2,1-4,6-8H3/b15-9-,16-10-/t18-,19?,20+,21?,22-,25+/m1/s1. The third-order valence-corrected chi connectivity index (χ3v) is 7.06. The first-order chi connectivity index (χ1) is 14.0. The van der Waals surface area contributed by atoms with Crippen LogP contribution >= 0.6 is 0 Å². The first-order valence-electron chi connectivity index (χ1n) is 11.1. The number of hydrogen-bond donors (Lipinski definition) is 0. The lowest BCUT2D eigenvalue weighted by molar-refractivity contribution is -0.148. The highest BCUT2D eigenvalue weighted by atomic mass is 16.6. The first kappa shape index (κ1) is 23.2. The Balaban J connectivity index is 1.76. The molecule has 1 saturated carbocycles. The van der Waals surface area contributed by atoms with Crippen LogP contribution in [0.4, 0.5) is 0 Å². The van der Waals surface area contributed by atoms with Gasteiger partial charge in [-0.3, -0.25) is 0 Å². The molecule has 1 aliphatic carbocycles. The minimum Gasteiger partial charge on any atom is -0.458 e. The van der Waals surface area contributed by atoms with Gasteiger partial charge in [-0.2, -0.15) is 0 Å². The Labute approximate surface area is 181 Å². The van der Waals surface area contributed by atoms with E-state index in [-0.39, 0.29) is 47.5 Å². The smallest absolute Gasteiger partial charge is 0.333 e. The number of carbonyl (C=O) groups is 1. The van der Waals surface area contributed by atoms with E-state index in [0.717, 1.165) is 18.4 Å². The summed E-state index contributed by atoms with van der Waals surface area (Å²) in [6.45, 7) is 19.0. The quantitative estimate of drug-likeness (QED) is 0.230. The SMILES string of the molecule is C=C(C(CC1OC1(C)C)OC/C(C)=C\C)[C@H]1C[C@H]2O[C@@]2(C)C[C@@H]1OC(=O)/C(C)=C\C. The maximum atomic E-state index is 12.5. The molecule has 5 nitrogen and oxygen atoms in total.